The summed E-state index contributed by atoms with van der Waals surface area (Å²) in [6, 6.07) is 15.7. The summed E-state index contributed by atoms with van der Waals surface area (Å²) in [6.45, 7) is 0.971. The summed E-state index contributed by atoms with van der Waals surface area (Å²) >= 11 is 0. The smallest absolute Gasteiger partial charge is 0.274 e. The van der Waals surface area contributed by atoms with E-state index in [0.717, 1.165) is 12.2 Å². The van der Waals surface area contributed by atoms with Gasteiger partial charge in [-0.15, -0.1) is 0 Å². The van der Waals surface area contributed by atoms with Crippen molar-refractivity contribution in [3.05, 3.63) is 60.2 Å². The molecule has 0 bridgehead atoms. The fraction of sp³-hybridized carbons (Fsp3) is 0.316. The van der Waals surface area contributed by atoms with Crippen LogP contribution in [0.15, 0.2) is 54.6 Å². The van der Waals surface area contributed by atoms with Gasteiger partial charge in [0.2, 0.25) is 10.0 Å². The van der Waals surface area contributed by atoms with E-state index in [0.29, 0.717) is 30.8 Å². The van der Waals surface area contributed by atoms with Crippen molar-refractivity contribution in [2.75, 3.05) is 29.8 Å². The van der Waals surface area contributed by atoms with Gasteiger partial charge in [0.05, 0.1) is 11.4 Å². The molecule has 2 aromatic carbocycles. The minimum absolute atomic E-state index is 0.161. The van der Waals surface area contributed by atoms with E-state index in [1.54, 1.807) is 24.3 Å². The number of hydrogen-bond acceptors (Lipinski definition) is 5. The molecule has 8 heteroatoms. The molecule has 0 spiro atoms. The van der Waals surface area contributed by atoms with E-state index in [1.165, 1.54) is 4.31 Å². The average Bonchev–Trinajstić information content (AvgIpc) is 2.68. The Morgan fingerprint density at radius 3 is 2.44 bits per heavy atom. The quantitative estimate of drug-likeness (QED) is 0.579. The van der Waals surface area contributed by atoms with E-state index in [2.05, 4.69) is 5.48 Å². The first-order chi connectivity index (χ1) is 13.1. The molecule has 1 N–H and O–H groups in total. The van der Waals surface area contributed by atoms with E-state index in [1.807, 2.05) is 30.3 Å². The van der Waals surface area contributed by atoms with Crippen LogP contribution in [0.5, 0.6) is 5.75 Å². The number of hydroxylamine groups is 1. The highest BCUT2D eigenvalue weighted by atomic mass is 32.2. The van der Waals surface area contributed by atoms with E-state index in [9.17, 15) is 13.2 Å². The van der Waals surface area contributed by atoms with Gasteiger partial charge in [0.15, 0.2) is 0 Å². The second-order valence-corrected chi connectivity index (χ2v) is 8.10. The number of ether oxygens (including phenoxy) is 1. The standard InChI is InChI=1S/C19H22N2O5S/c22-19(20-26-14-13-25-18-6-2-1-3-7-18)16-8-10-17(11-9-16)21-12-4-5-15-27(21,23)24/h1-3,6-11H,4-5,12-15H2,(H,20,22). The lowest BCUT2D eigenvalue weighted by Crippen LogP contribution is -2.37. The van der Waals surface area contributed by atoms with Crippen molar-refractivity contribution in [3.8, 4) is 5.75 Å². The third kappa shape index (κ3) is 5.21. The first-order valence-electron chi connectivity index (χ1n) is 8.77. The molecule has 1 aliphatic rings. The van der Waals surface area contributed by atoms with Gasteiger partial charge >= 0.3 is 0 Å². The van der Waals surface area contributed by atoms with Crippen molar-refractivity contribution in [3.63, 3.8) is 0 Å². The van der Waals surface area contributed by atoms with Crippen LogP contribution in [0.2, 0.25) is 0 Å². The Morgan fingerprint density at radius 2 is 1.74 bits per heavy atom. The van der Waals surface area contributed by atoms with Crippen LogP contribution in [0.4, 0.5) is 5.69 Å². The molecule has 1 amide bonds. The van der Waals surface area contributed by atoms with Gasteiger partial charge in [-0.1, -0.05) is 18.2 Å². The maximum absolute atomic E-state index is 12.1. The molecule has 0 aromatic heterocycles. The first kappa shape index (κ1) is 19.2. The zero-order valence-electron chi connectivity index (χ0n) is 14.8. The van der Waals surface area contributed by atoms with Crippen LogP contribution < -0.4 is 14.5 Å². The number of carbonyl (C=O) groups is 1. The zero-order valence-corrected chi connectivity index (χ0v) is 15.7. The number of nitrogens with zero attached hydrogens (tertiary/aromatic N) is 1. The minimum atomic E-state index is -3.26. The molecule has 0 radical (unpaired) electrons. The Bertz CT molecular complexity index is 853. The van der Waals surface area contributed by atoms with E-state index < -0.39 is 15.9 Å². The molecule has 2 aromatic rings. The van der Waals surface area contributed by atoms with Crippen LogP contribution >= 0.6 is 0 Å². The highest BCUT2D eigenvalue weighted by Gasteiger charge is 2.25. The highest BCUT2D eigenvalue weighted by Crippen LogP contribution is 2.23. The Morgan fingerprint density at radius 1 is 1.00 bits per heavy atom. The van der Waals surface area contributed by atoms with Gasteiger partial charge in [0.25, 0.3) is 5.91 Å². The number of rotatable bonds is 7. The van der Waals surface area contributed by atoms with Gasteiger partial charge in [-0.25, -0.2) is 13.9 Å². The molecule has 1 aliphatic heterocycles. The number of para-hydroxylation sites is 1. The van der Waals surface area contributed by atoms with Gasteiger partial charge in [0.1, 0.15) is 19.0 Å². The lowest BCUT2D eigenvalue weighted by atomic mass is 10.2. The van der Waals surface area contributed by atoms with Crippen LogP contribution in [0.25, 0.3) is 0 Å². The largest absolute Gasteiger partial charge is 0.491 e. The molecule has 1 saturated heterocycles. The summed E-state index contributed by atoms with van der Waals surface area (Å²) in [5.74, 6) is 0.493. The summed E-state index contributed by atoms with van der Waals surface area (Å²) in [5, 5.41) is 0. The number of anilines is 1. The van der Waals surface area contributed by atoms with Gasteiger partial charge in [-0.2, -0.15) is 0 Å². The summed E-state index contributed by atoms with van der Waals surface area (Å²) in [6.07, 6.45) is 1.52. The number of benzene rings is 2. The molecule has 0 atom stereocenters. The van der Waals surface area contributed by atoms with Crippen molar-refractivity contribution < 1.29 is 22.8 Å². The van der Waals surface area contributed by atoms with E-state index in [4.69, 9.17) is 9.57 Å². The van der Waals surface area contributed by atoms with Crippen molar-refractivity contribution in [1.82, 2.24) is 5.48 Å². The van der Waals surface area contributed by atoms with Gasteiger partial charge < -0.3 is 4.74 Å². The lowest BCUT2D eigenvalue weighted by molar-refractivity contribution is 0.0200. The Hall–Kier alpha value is -2.58. The third-order valence-electron chi connectivity index (χ3n) is 4.13. The van der Waals surface area contributed by atoms with Crippen LogP contribution in [0, 0.1) is 0 Å². The topological polar surface area (TPSA) is 84.9 Å². The summed E-state index contributed by atoms with van der Waals surface area (Å²) in [4.78, 5) is 17.2. The number of sulfonamides is 1. The van der Waals surface area contributed by atoms with Gasteiger partial charge in [-0.05, 0) is 49.2 Å². The summed E-state index contributed by atoms with van der Waals surface area (Å²) in [7, 11) is -3.26. The second kappa shape index (κ2) is 8.88. The predicted octanol–water partition coefficient (Wildman–Crippen LogP) is 2.36. The summed E-state index contributed by atoms with van der Waals surface area (Å²) in [5.41, 5.74) is 3.31. The maximum Gasteiger partial charge on any atom is 0.274 e. The van der Waals surface area contributed by atoms with E-state index in [-0.39, 0.29) is 12.4 Å². The number of amides is 1. The molecule has 144 valence electrons. The van der Waals surface area contributed by atoms with Gasteiger partial charge in [-0.3, -0.25) is 13.9 Å². The molecular weight excluding hydrogens is 368 g/mol. The fourth-order valence-electron chi connectivity index (χ4n) is 2.75. The van der Waals surface area contributed by atoms with Crippen molar-refractivity contribution in [1.29, 1.82) is 0 Å². The molecule has 27 heavy (non-hydrogen) atoms. The Balaban J connectivity index is 1.46. The molecular formula is C19H22N2O5S. The molecule has 0 saturated carbocycles. The lowest BCUT2D eigenvalue weighted by Gasteiger charge is -2.28. The SMILES string of the molecule is O=C(NOCCOc1ccccc1)c1ccc(N2CCCCS2(=O)=O)cc1. The van der Waals surface area contributed by atoms with Crippen molar-refractivity contribution >= 4 is 21.6 Å². The molecule has 0 aliphatic carbocycles. The molecule has 1 fully saturated rings. The van der Waals surface area contributed by atoms with Crippen LogP contribution in [-0.4, -0.2) is 39.8 Å². The highest BCUT2D eigenvalue weighted by molar-refractivity contribution is 7.92. The number of hydrogen-bond donors (Lipinski definition) is 1. The van der Waals surface area contributed by atoms with Crippen molar-refractivity contribution in [2.45, 2.75) is 12.8 Å². The second-order valence-electron chi connectivity index (χ2n) is 6.08. The third-order valence-corrected chi connectivity index (χ3v) is 6.00. The predicted molar refractivity (Wildman–Crippen MR) is 102 cm³/mol. The molecule has 1 heterocycles. The Labute approximate surface area is 158 Å². The van der Waals surface area contributed by atoms with Crippen molar-refractivity contribution in [2.24, 2.45) is 0 Å². The zero-order chi connectivity index (χ0) is 19.1. The van der Waals surface area contributed by atoms with Crippen LogP contribution in [0.3, 0.4) is 0 Å². The monoisotopic (exact) mass is 390 g/mol. The number of nitrogens with one attached hydrogen (secondary N) is 1. The first-order valence-corrected chi connectivity index (χ1v) is 10.4. The fourth-order valence-corrected chi connectivity index (χ4v) is 4.39. The average molecular weight is 390 g/mol. The van der Waals surface area contributed by atoms with E-state index >= 15 is 0 Å². The van der Waals surface area contributed by atoms with Gasteiger partial charge in [0, 0.05) is 12.1 Å². The molecule has 0 unspecified atom stereocenters. The molecule has 7 nitrogen and oxygen atoms in total. The maximum atomic E-state index is 12.1. The normalized spacial score (nSPS) is 15.9. The van der Waals surface area contributed by atoms with Crippen LogP contribution in [-0.2, 0) is 14.9 Å². The number of carbonyl (C=O) groups excluding carboxylic acids is 1. The summed E-state index contributed by atoms with van der Waals surface area (Å²) < 4.78 is 31.1. The van der Waals surface area contributed by atoms with Crippen LogP contribution in [0.1, 0.15) is 23.2 Å². The minimum Gasteiger partial charge on any atom is -0.491 e. The molecule has 3 rings (SSSR count). The Kier molecular flexibility index (Phi) is 6.31.